The zero-order valence-corrected chi connectivity index (χ0v) is 20.4. The predicted molar refractivity (Wildman–Crippen MR) is 127 cm³/mol. The fourth-order valence-electron chi connectivity index (χ4n) is 4.21. The van der Waals surface area contributed by atoms with E-state index < -0.39 is 29.4 Å². The standard InChI is InChI=1S/C25H23BrN2O6/c1-13(2)33-23(30)19-14(3)34-24(31)25(19)17-11-16(26)9-10-18(17)28-21(27)20(25)22(29)32-12-15-7-5-4-6-8-15/h4-11,13,28H,12,27H2,1-3H3/t25-/m1/s1. The molecular formula is C25H23BrN2O6. The topological polar surface area (TPSA) is 117 Å². The maximum Gasteiger partial charge on any atom is 0.339 e. The number of allylic oxidation sites excluding steroid dienone is 1. The zero-order chi connectivity index (χ0) is 24.6. The van der Waals surface area contributed by atoms with Crippen molar-refractivity contribution in [2.45, 2.75) is 38.9 Å². The Hall–Kier alpha value is -3.59. The first-order valence-electron chi connectivity index (χ1n) is 10.6. The number of nitrogens with one attached hydrogen (secondary N) is 1. The molecule has 0 amide bonds. The first-order chi connectivity index (χ1) is 16.2. The van der Waals surface area contributed by atoms with Gasteiger partial charge in [-0.05, 0) is 44.5 Å². The lowest BCUT2D eigenvalue weighted by Gasteiger charge is -2.36. The van der Waals surface area contributed by atoms with Crippen LogP contribution in [0.3, 0.4) is 0 Å². The Kier molecular flexibility index (Phi) is 6.22. The van der Waals surface area contributed by atoms with Crippen molar-refractivity contribution in [1.82, 2.24) is 0 Å². The van der Waals surface area contributed by atoms with Gasteiger partial charge in [0, 0.05) is 15.7 Å². The SMILES string of the molecule is CC1=C(C(=O)OC(C)C)[C@@]2(C(=O)O1)C(C(=O)OCc1ccccc1)=C(N)Nc1ccc(Br)cc12. The maximum absolute atomic E-state index is 13.6. The van der Waals surface area contributed by atoms with E-state index in [0.717, 1.165) is 5.56 Å². The van der Waals surface area contributed by atoms with Crippen LogP contribution in [0.15, 0.2) is 75.7 Å². The van der Waals surface area contributed by atoms with Crippen LogP contribution < -0.4 is 11.1 Å². The third-order valence-electron chi connectivity index (χ3n) is 5.54. The molecule has 0 aliphatic carbocycles. The number of rotatable bonds is 5. The van der Waals surface area contributed by atoms with E-state index in [0.29, 0.717) is 15.7 Å². The number of anilines is 1. The second-order valence-electron chi connectivity index (χ2n) is 8.19. The number of carbonyl (C=O) groups is 3. The molecule has 8 nitrogen and oxygen atoms in total. The molecule has 1 spiro atoms. The first-order valence-corrected chi connectivity index (χ1v) is 11.4. The zero-order valence-electron chi connectivity index (χ0n) is 18.8. The summed E-state index contributed by atoms with van der Waals surface area (Å²) in [6, 6.07) is 14.1. The third-order valence-corrected chi connectivity index (χ3v) is 6.04. The van der Waals surface area contributed by atoms with Crippen LogP contribution >= 0.6 is 15.9 Å². The van der Waals surface area contributed by atoms with Crippen molar-refractivity contribution in [3.63, 3.8) is 0 Å². The number of hydrogen-bond donors (Lipinski definition) is 2. The van der Waals surface area contributed by atoms with Gasteiger partial charge in [0.15, 0.2) is 5.41 Å². The van der Waals surface area contributed by atoms with E-state index >= 15 is 0 Å². The smallest absolute Gasteiger partial charge is 0.339 e. The van der Waals surface area contributed by atoms with Crippen LogP contribution in [-0.2, 0) is 40.6 Å². The summed E-state index contributed by atoms with van der Waals surface area (Å²) in [5, 5.41) is 2.96. The first kappa shape index (κ1) is 23.6. The van der Waals surface area contributed by atoms with E-state index in [-0.39, 0.29) is 29.3 Å². The van der Waals surface area contributed by atoms with Crippen molar-refractivity contribution >= 4 is 39.5 Å². The Balaban J connectivity index is 1.90. The summed E-state index contributed by atoms with van der Waals surface area (Å²) in [5.41, 5.74) is 5.51. The molecule has 4 rings (SSSR count). The Labute approximate surface area is 204 Å². The van der Waals surface area contributed by atoms with Crippen LogP contribution in [0.5, 0.6) is 0 Å². The van der Waals surface area contributed by atoms with Crippen molar-refractivity contribution in [3.05, 3.63) is 86.9 Å². The molecule has 0 bridgehead atoms. The number of esters is 3. The van der Waals surface area contributed by atoms with E-state index in [2.05, 4.69) is 21.2 Å². The van der Waals surface area contributed by atoms with Crippen molar-refractivity contribution < 1.29 is 28.6 Å². The number of hydrogen-bond acceptors (Lipinski definition) is 8. The second-order valence-corrected chi connectivity index (χ2v) is 9.11. The molecule has 2 aromatic carbocycles. The normalized spacial score (nSPS) is 19.1. The molecule has 0 radical (unpaired) electrons. The van der Waals surface area contributed by atoms with Crippen LogP contribution in [-0.4, -0.2) is 24.0 Å². The molecule has 2 aliphatic rings. The van der Waals surface area contributed by atoms with Gasteiger partial charge < -0.3 is 25.3 Å². The van der Waals surface area contributed by atoms with Gasteiger partial charge in [-0.1, -0.05) is 46.3 Å². The summed E-state index contributed by atoms with van der Waals surface area (Å²) in [6.45, 7) is 4.79. The average Bonchev–Trinajstić information content (AvgIpc) is 3.03. The van der Waals surface area contributed by atoms with Gasteiger partial charge in [-0.25, -0.2) is 14.4 Å². The van der Waals surface area contributed by atoms with Crippen LogP contribution in [0.1, 0.15) is 31.9 Å². The Morgan fingerprint density at radius 3 is 2.50 bits per heavy atom. The number of halogens is 1. The molecule has 176 valence electrons. The second kappa shape index (κ2) is 8.98. The number of benzene rings is 2. The minimum atomic E-state index is -1.96. The van der Waals surface area contributed by atoms with Gasteiger partial charge in [0.25, 0.3) is 0 Å². The summed E-state index contributed by atoms with van der Waals surface area (Å²) in [6.07, 6.45) is -0.473. The Bertz CT molecular complexity index is 1250. The highest BCUT2D eigenvalue weighted by Gasteiger charge is 2.63. The third kappa shape index (κ3) is 3.86. The lowest BCUT2D eigenvalue weighted by molar-refractivity contribution is -0.148. The van der Waals surface area contributed by atoms with Crippen LogP contribution in [0.2, 0.25) is 0 Å². The predicted octanol–water partition coefficient (Wildman–Crippen LogP) is 3.81. The van der Waals surface area contributed by atoms with Gasteiger partial charge in [0.05, 0.1) is 6.10 Å². The van der Waals surface area contributed by atoms with Gasteiger partial charge in [0.1, 0.15) is 29.3 Å². The lowest BCUT2D eigenvalue weighted by Crippen LogP contribution is -2.48. The van der Waals surface area contributed by atoms with E-state index in [1.54, 1.807) is 44.2 Å². The fourth-order valence-corrected chi connectivity index (χ4v) is 4.57. The molecule has 0 unspecified atom stereocenters. The molecule has 0 fully saturated rings. The van der Waals surface area contributed by atoms with E-state index in [9.17, 15) is 14.4 Å². The van der Waals surface area contributed by atoms with Crippen LogP contribution in [0.4, 0.5) is 5.69 Å². The van der Waals surface area contributed by atoms with E-state index in [4.69, 9.17) is 19.9 Å². The molecule has 3 N–H and O–H groups in total. The minimum absolute atomic E-state index is 0.0321. The van der Waals surface area contributed by atoms with Crippen LogP contribution in [0, 0.1) is 0 Å². The highest BCUT2D eigenvalue weighted by molar-refractivity contribution is 9.10. The Morgan fingerprint density at radius 1 is 1.12 bits per heavy atom. The van der Waals surface area contributed by atoms with Gasteiger partial charge in [-0.2, -0.15) is 0 Å². The molecule has 2 aliphatic heterocycles. The molecule has 9 heteroatoms. The van der Waals surface area contributed by atoms with Crippen molar-refractivity contribution in [2.24, 2.45) is 5.73 Å². The highest BCUT2D eigenvalue weighted by atomic mass is 79.9. The number of fused-ring (bicyclic) bond motifs is 2. The lowest BCUT2D eigenvalue weighted by atomic mass is 9.67. The highest BCUT2D eigenvalue weighted by Crippen LogP contribution is 2.53. The molecular weight excluding hydrogens is 504 g/mol. The maximum atomic E-state index is 13.6. The molecule has 1 atom stereocenters. The molecule has 0 saturated heterocycles. The molecule has 0 aromatic heterocycles. The summed E-state index contributed by atoms with van der Waals surface area (Å²) in [7, 11) is 0. The van der Waals surface area contributed by atoms with Gasteiger partial charge >= 0.3 is 17.9 Å². The number of nitrogens with two attached hydrogens (primary N) is 1. The van der Waals surface area contributed by atoms with Crippen LogP contribution in [0.25, 0.3) is 0 Å². The molecule has 0 saturated carbocycles. The fraction of sp³-hybridized carbons (Fsp3) is 0.240. The number of cyclic esters (lactones) is 1. The van der Waals surface area contributed by atoms with Gasteiger partial charge in [-0.15, -0.1) is 0 Å². The van der Waals surface area contributed by atoms with Gasteiger partial charge in [0.2, 0.25) is 0 Å². The summed E-state index contributed by atoms with van der Waals surface area (Å²) >= 11 is 3.41. The number of carbonyl (C=O) groups excluding carboxylic acids is 3. The van der Waals surface area contributed by atoms with Gasteiger partial charge in [-0.3, -0.25) is 0 Å². The minimum Gasteiger partial charge on any atom is -0.459 e. The summed E-state index contributed by atoms with van der Waals surface area (Å²) < 4.78 is 17.1. The number of ether oxygens (including phenoxy) is 3. The van der Waals surface area contributed by atoms with E-state index in [1.807, 2.05) is 18.2 Å². The molecule has 34 heavy (non-hydrogen) atoms. The Morgan fingerprint density at radius 2 is 1.82 bits per heavy atom. The average molecular weight is 527 g/mol. The quantitative estimate of drug-likeness (QED) is 0.446. The molecule has 2 heterocycles. The monoisotopic (exact) mass is 526 g/mol. The largest absolute Gasteiger partial charge is 0.459 e. The van der Waals surface area contributed by atoms with Crippen molar-refractivity contribution in [2.75, 3.05) is 5.32 Å². The molecule has 2 aromatic rings. The van der Waals surface area contributed by atoms with Crippen molar-refractivity contribution in [1.29, 1.82) is 0 Å². The summed E-state index contributed by atoms with van der Waals surface area (Å²) in [4.78, 5) is 40.3. The summed E-state index contributed by atoms with van der Waals surface area (Å²) in [5.74, 6) is -2.57. The van der Waals surface area contributed by atoms with E-state index in [1.165, 1.54) is 6.92 Å². The van der Waals surface area contributed by atoms with Crippen molar-refractivity contribution in [3.8, 4) is 0 Å².